The van der Waals surface area contributed by atoms with Crippen molar-refractivity contribution >= 4 is 29.6 Å². The van der Waals surface area contributed by atoms with Gasteiger partial charge in [-0.2, -0.15) is 4.39 Å². The Morgan fingerprint density at radius 2 is 1.67 bits per heavy atom. The number of carbonyl (C=O) groups is 4. The first-order valence-electron chi connectivity index (χ1n) is 9.47. The van der Waals surface area contributed by atoms with Crippen molar-refractivity contribution in [1.29, 1.82) is 0 Å². The summed E-state index contributed by atoms with van der Waals surface area (Å²) in [7, 11) is 0. The molecule has 0 fully saturated rings. The number of carbonyl (C=O) groups excluding carboxylic acids is 4. The summed E-state index contributed by atoms with van der Waals surface area (Å²) in [4.78, 5) is 53.4. The number of hydrogen-bond donors (Lipinski definition) is 0. The third kappa shape index (κ3) is 10.5. The molecule has 0 unspecified atom stereocenters. The maximum absolute atomic E-state index is 13.9. The Labute approximate surface area is 203 Å². The molecule has 1 aromatic carbocycles. The predicted molar refractivity (Wildman–Crippen MR) is 105 cm³/mol. The van der Waals surface area contributed by atoms with E-state index in [1.165, 1.54) is 0 Å². The molecule has 1 aliphatic heterocycles. The molecule has 0 N–H and O–H groups in total. The fourth-order valence-electron chi connectivity index (χ4n) is 2.67. The molecule has 0 saturated heterocycles. The SMILES string of the molecule is CC(=O)[O-].CC(=O)[O-].CCCCOC(=O)N1CC(C)(C)c2cc([N+](=O)[O-])c(F)cc2C1=O.[Pd+2]. The fourth-order valence-corrected chi connectivity index (χ4v) is 2.67. The zero-order chi connectivity index (χ0) is 25.2. The van der Waals surface area contributed by atoms with Gasteiger partial charge in [0.05, 0.1) is 11.5 Å². The Hall–Kier alpha value is -2.91. The number of unbranched alkanes of at least 4 members (excludes halogenated alkanes) is 1. The van der Waals surface area contributed by atoms with Gasteiger partial charge in [-0.25, -0.2) is 9.69 Å². The van der Waals surface area contributed by atoms with Crippen LogP contribution in [-0.4, -0.2) is 46.9 Å². The van der Waals surface area contributed by atoms with Gasteiger partial charge in [0.25, 0.3) is 5.91 Å². The van der Waals surface area contributed by atoms with E-state index in [-0.39, 0.29) is 39.1 Å². The molecule has 11 nitrogen and oxygen atoms in total. The third-order valence-electron chi connectivity index (χ3n) is 3.99. The van der Waals surface area contributed by atoms with Crippen LogP contribution in [0.25, 0.3) is 0 Å². The predicted octanol–water partition coefficient (Wildman–Crippen LogP) is 0.914. The van der Waals surface area contributed by atoms with Gasteiger partial charge in [-0.15, -0.1) is 0 Å². The number of fused-ring (bicyclic) bond motifs is 1. The van der Waals surface area contributed by atoms with Gasteiger partial charge in [-0.1, -0.05) is 27.2 Å². The van der Waals surface area contributed by atoms with Crippen LogP contribution in [0.3, 0.4) is 0 Å². The van der Waals surface area contributed by atoms with Crippen molar-refractivity contribution in [3.05, 3.63) is 39.2 Å². The minimum absolute atomic E-state index is 0. The maximum atomic E-state index is 13.9. The van der Waals surface area contributed by atoms with Crippen LogP contribution in [0.1, 0.15) is 63.4 Å². The number of imide groups is 1. The number of benzene rings is 1. The summed E-state index contributed by atoms with van der Waals surface area (Å²) in [6.45, 7) is 7.54. The van der Waals surface area contributed by atoms with E-state index in [9.17, 15) is 24.1 Å². The summed E-state index contributed by atoms with van der Waals surface area (Å²) >= 11 is 0. The molecule has 2 amide bonds. The first-order chi connectivity index (χ1) is 14.6. The van der Waals surface area contributed by atoms with Crippen molar-refractivity contribution in [2.45, 2.75) is 52.9 Å². The first-order valence-corrected chi connectivity index (χ1v) is 9.47. The van der Waals surface area contributed by atoms with Crippen LogP contribution >= 0.6 is 0 Å². The second-order valence-corrected chi connectivity index (χ2v) is 7.33. The largest absolute Gasteiger partial charge is 2.00 e. The van der Waals surface area contributed by atoms with E-state index >= 15 is 0 Å². The van der Waals surface area contributed by atoms with E-state index in [0.29, 0.717) is 12.0 Å². The van der Waals surface area contributed by atoms with Gasteiger partial charge in [0.2, 0.25) is 5.82 Å². The minimum atomic E-state index is -1.11. The van der Waals surface area contributed by atoms with Crippen molar-refractivity contribution < 1.29 is 63.9 Å². The van der Waals surface area contributed by atoms with E-state index in [4.69, 9.17) is 24.5 Å². The van der Waals surface area contributed by atoms with Crippen molar-refractivity contribution in [2.75, 3.05) is 13.2 Å². The first kappa shape index (κ1) is 32.3. The number of carboxylic acid groups (broad SMARTS) is 2. The van der Waals surface area contributed by atoms with E-state index < -0.39 is 45.8 Å². The second-order valence-electron chi connectivity index (χ2n) is 7.33. The molecule has 0 radical (unpaired) electrons. The van der Waals surface area contributed by atoms with Crippen LogP contribution in [-0.2, 0) is 40.2 Å². The third-order valence-corrected chi connectivity index (χ3v) is 3.99. The van der Waals surface area contributed by atoms with Gasteiger partial charge in [-0.3, -0.25) is 14.9 Å². The van der Waals surface area contributed by atoms with Gasteiger partial charge < -0.3 is 24.5 Å². The number of carboxylic acids is 2. The molecular weight excluding hydrogens is 538 g/mol. The number of nitro groups is 1. The van der Waals surface area contributed by atoms with Gasteiger partial charge in [0, 0.05) is 35.5 Å². The zero-order valence-corrected chi connectivity index (χ0v) is 20.3. The Morgan fingerprint density at radius 1 is 1.18 bits per heavy atom. The minimum Gasteiger partial charge on any atom is -0.550 e. The van der Waals surface area contributed by atoms with Gasteiger partial charge in [0.1, 0.15) is 0 Å². The number of ether oxygens (including phenoxy) is 1. The fraction of sp³-hybridized carbons (Fsp3) is 0.500. The van der Waals surface area contributed by atoms with Crippen LogP contribution in [0.2, 0.25) is 0 Å². The number of amides is 2. The normalized spacial score (nSPS) is 13.0. The molecule has 1 aliphatic rings. The summed E-state index contributed by atoms with van der Waals surface area (Å²) in [6, 6.07) is 1.89. The summed E-state index contributed by atoms with van der Waals surface area (Å²) in [5.74, 6) is -3.98. The van der Waals surface area contributed by atoms with Crippen LogP contribution in [0.5, 0.6) is 0 Å². The van der Waals surface area contributed by atoms with E-state index in [0.717, 1.165) is 37.3 Å². The molecule has 1 aromatic rings. The van der Waals surface area contributed by atoms with Crippen LogP contribution in [0.4, 0.5) is 14.9 Å². The van der Waals surface area contributed by atoms with Gasteiger partial charge in [0.15, 0.2) is 0 Å². The topological polar surface area (TPSA) is 170 Å². The summed E-state index contributed by atoms with van der Waals surface area (Å²) < 4.78 is 19.0. The maximum Gasteiger partial charge on any atom is 2.00 e. The van der Waals surface area contributed by atoms with E-state index in [1.54, 1.807) is 13.8 Å². The molecule has 186 valence electrons. The summed E-state index contributed by atoms with van der Waals surface area (Å²) in [6.07, 6.45) is 0.727. The van der Waals surface area contributed by atoms with Crippen molar-refractivity contribution in [1.82, 2.24) is 4.90 Å². The van der Waals surface area contributed by atoms with Crippen molar-refractivity contribution in [3.8, 4) is 0 Å². The van der Waals surface area contributed by atoms with Gasteiger partial charge >= 0.3 is 32.2 Å². The Kier molecular flexibility index (Phi) is 14.0. The molecular formula is C20H25FN2O9Pd. The Bertz CT molecular complexity index is 871. The van der Waals surface area contributed by atoms with Crippen LogP contribution in [0.15, 0.2) is 12.1 Å². The van der Waals surface area contributed by atoms with E-state index in [2.05, 4.69) is 0 Å². The standard InChI is InChI=1S/C16H19FN2O5.2C2H4O2.Pd/c1-4-5-6-24-15(21)18-9-16(2,3)11-8-13(19(22)23)12(17)7-10(11)14(18)20;2*1-2(3)4;/h7-8H,4-6,9H2,1-3H3;2*1H3,(H,3,4);/q;;;+2/p-2. The molecule has 13 heteroatoms. The van der Waals surface area contributed by atoms with Crippen molar-refractivity contribution in [3.63, 3.8) is 0 Å². The molecule has 0 aromatic heterocycles. The molecule has 1 heterocycles. The quantitative estimate of drug-likeness (QED) is 0.224. The molecule has 2 rings (SSSR count). The number of rotatable bonds is 4. The van der Waals surface area contributed by atoms with Gasteiger partial charge in [-0.05, 0) is 31.9 Å². The number of nitro benzene ring substituents is 1. The molecule has 33 heavy (non-hydrogen) atoms. The number of hydrogen-bond acceptors (Lipinski definition) is 9. The summed E-state index contributed by atoms with van der Waals surface area (Å²) in [5.41, 5.74) is -1.15. The van der Waals surface area contributed by atoms with Crippen LogP contribution < -0.4 is 10.2 Å². The molecule has 0 bridgehead atoms. The smallest absolute Gasteiger partial charge is 0.550 e. The second kappa shape index (κ2) is 14.3. The van der Waals surface area contributed by atoms with Crippen LogP contribution in [0, 0.1) is 15.9 Å². The monoisotopic (exact) mass is 562 g/mol. The Morgan fingerprint density at radius 3 is 2.09 bits per heavy atom. The summed E-state index contributed by atoms with van der Waals surface area (Å²) in [5, 5.41) is 28.7. The Balaban J connectivity index is 0. The average Bonchev–Trinajstić information content (AvgIpc) is 2.63. The molecule has 0 saturated carbocycles. The molecule has 0 atom stereocenters. The average molecular weight is 563 g/mol. The number of nitrogens with zero attached hydrogens (tertiary/aromatic N) is 2. The van der Waals surface area contributed by atoms with E-state index in [1.807, 2.05) is 6.92 Å². The number of aliphatic carboxylic acids is 2. The van der Waals surface area contributed by atoms with Crippen molar-refractivity contribution in [2.24, 2.45) is 0 Å². The molecule has 0 spiro atoms. The molecule has 0 aliphatic carbocycles. The number of halogens is 1. The zero-order valence-electron chi connectivity index (χ0n) is 18.7.